The normalized spacial score (nSPS) is 14.6. The summed E-state index contributed by atoms with van der Waals surface area (Å²) in [5, 5.41) is 7.96. The minimum absolute atomic E-state index is 0.119. The largest absolute Gasteiger partial charge is 0.323 e. The summed E-state index contributed by atoms with van der Waals surface area (Å²) in [7, 11) is 0. The van der Waals surface area contributed by atoms with Crippen molar-refractivity contribution < 1.29 is 4.79 Å². The molecule has 3 aromatic heterocycles. The minimum atomic E-state index is -0.121. The highest BCUT2D eigenvalue weighted by atomic mass is 32.1. The Morgan fingerprint density at radius 2 is 1.87 bits per heavy atom. The number of rotatable bonds is 5. The first-order valence-electron chi connectivity index (χ1n) is 9.78. The SMILES string of the molecule is Cc1cnc(NC(=O)N2CCN(CCn3nc(-c4ccncc4)ccc3=O)CC2)s1. The van der Waals surface area contributed by atoms with E-state index in [0.29, 0.717) is 31.3 Å². The second-order valence-electron chi connectivity index (χ2n) is 7.05. The van der Waals surface area contributed by atoms with E-state index in [-0.39, 0.29) is 11.6 Å². The topological polar surface area (TPSA) is 96.2 Å². The first kappa shape index (κ1) is 20.2. The lowest BCUT2D eigenvalue weighted by molar-refractivity contribution is 0.143. The lowest BCUT2D eigenvalue weighted by Gasteiger charge is -2.34. The van der Waals surface area contributed by atoms with Crippen molar-refractivity contribution in [2.75, 3.05) is 38.0 Å². The molecule has 0 unspecified atom stereocenters. The van der Waals surface area contributed by atoms with Crippen LogP contribution in [0, 0.1) is 6.92 Å². The van der Waals surface area contributed by atoms with Crippen molar-refractivity contribution in [1.29, 1.82) is 0 Å². The van der Waals surface area contributed by atoms with Crippen LogP contribution in [0.25, 0.3) is 11.3 Å². The Labute approximate surface area is 178 Å². The van der Waals surface area contributed by atoms with Gasteiger partial charge in [0.1, 0.15) is 0 Å². The van der Waals surface area contributed by atoms with E-state index in [2.05, 4.69) is 25.3 Å². The Kier molecular flexibility index (Phi) is 6.15. The van der Waals surface area contributed by atoms with E-state index < -0.39 is 0 Å². The molecule has 0 radical (unpaired) electrons. The molecule has 1 N–H and O–H groups in total. The maximum Gasteiger partial charge on any atom is 0.323 e. The third-order valence-electron chi connectivity index (χ3n) is 4.97. The highest BCUT2D eigenvalue weighted by molar-refractivity contribution is 7.15. The Morgan fingerprint density at radius 1 is 1.10 bits per heavy atom. The molecule has 0 aliphatic carbocycles. The molecule has 10 heteroatoms. The number of carbonyl (C=O) groups is 1. The zero-order valence-electron chi connectivity index (χ0n) is 16.7. The van der Waals surface area contributed by atoms with Gasteiger partial charge in [-0.15, -0.1) is 11.3 Å². The summed E-state index contributed by atoms with van der Waals surface area (Å²) in [6.07, 6.45) is 5.16. The molecule has 3 aromatic rings. The van der Waals surface area contributed by atoms with Crippen molar-refractivity contribution in [2.24, 2.45) is 0 Å². The van der Waals surface area contributed by atoms with E-state index in [1.807, 2.05) is 19.1 Å². The van der Waals surface area contributed by atoms with Gasteiger partial charge in [-0.1, -0.05) is 0 Å². The van der Waals surface area contributed by atoms with E-state index in [0.717, 1.165) is 29.2 Å². The molecule has 0 saturated carbocycles. The second kappa shape index (κ2) is 9.14. The lowest BCUT2D eigenvalue weighted by Crippen LogP contribution is -2.50. The summed E-state index contributed by atoms with van der Waals surface area (Å²) in [5.74, 6) is 0. The lowest BCUT2D eigenvalue weighted by atomic mass is 10.2. The molecular formula is C20H23N7O2S. The first-order chi connectivity index (χ1) is 14.6. The van der Waals surface area contributed by atoms with Gasteiger partial charge in [-0.05, 0) is 25.1 Å². The van der Waals surface area contributed by atoms with Crippen LogP contribution in [0.1, 0.15) is 4.88 Å². The Hall–Kier alpha value is -3.11. The van der Waals surface area contributed by atoms with E-state index in [4.69, 9.17) is 0 Å². The molecule has 156 valence electrons. The van der Waals surface area contributed by atoms with Crippen molar-refractivity contribution in [3.8, 4) is 11.3 Å². The molecule has 0 aromatic carbocycles. The van der Waals surface area contributed by atoms with Crippen LogP contribution < -0.4 is 10.9 Å². The number of piperazine rings is 1. The third kappa shape index (κ3) is 4.89. The van der Waals surface area contributed by atoms with Gasteiger partial charge in [-0.2, -0.15) is 5.10 Å². The monoisotopic (exact) mass is 425 g/mol. The number of aromatic nitrogens is 4. The zero-order chi connectivity index (χ0) is 20.9. The average Bonchev–Trinajstić information content (AvgIpc) is 3.18. The van der Waals surface area contributed by atoms with Crippen molar-refractivity contribution >= 4 is 22.5 Å². The summed E-state index contributed by atoms with van der Waals surface area (Å²) in [6, 6.07) is 6.90. The van der Waals surface area contributed by atoms with Gasteiger partial charge in [0.15, 0.2) is 5.13 Å². The van der Waals surface area contributed by atoms with E-state index in [1.165, 1.54) is 16.0 Å². The maximum absolute atomic E-state index is 12.4. The highest BCUT2D eigenvalue weighted by Crippen LogP contribution is 2.17. The van der Waals surface area contributed by atoms with Crippen LogP contribution in [0.2, 0.25) is 0 Å². The number of nitrogens with one attached hydrogen (secondary N) is 1. The maximum atomic E-state index is 12.4. The molecule has 0 spiro atoms. The van der Waals surface area contributed by atoms with Crippen LogP contribution >= 0.6 is 11.3 Å². The molecule has 1 saturated heterocycles. The fraction of sp³-hybridized carbons (Fsp3) is 0.350. The average molecular weight is 426 g/mol. The van der Waals surface area contributed by atoms with Gasteiger partial charge in [0.25, 0.3) is 5.56 Å². The molecule has 1 fully saturated rings. The number of aryl methyl sites for hydroxylation is 1. The van der Waals surface area contributed by atoms with Crippen LogP contribution in [-0.2, 0) is 6.54 Å². The van der Waals surface area contributed by atoms with Crippen molar-refractivity contribution in [3.63, 3.8) is 0 Å². The molecular weight excluding hydrogens is 402 g/mol. The Balaban J connectivity index is 1.29. The zero-order valence-corrected chi connectivity index (χ0v) is 17.5. The van der Waals surface area contributed by atoms with Gasteiger partial charge in [-0.25, -0.2) is 14.5 Å². The fourth-order valence-corrected chi connectivity index (χ4v) is 3.93. The second-order valence-corrected chi connectivity index (χ2v) is 8.29. The predicted octanol–water partition coefficient (Wildman–Crippen LogP) is 1.92. The Morgan fingerprint density at radius 3 is 2.57 bits per heavy atom. The molecule has 1 aliphatic heterocycles. The van der Waals surface area contributed by atoms with Gasteiger partial charge in [0.2, 0.25) is 0 Å². The van der Waals surface area contributed by atoms with Crippen LogP contribution in [0.5, 0.6) is 0 Å². The molecule has 0 bridgehead atoms. The van der Waals surface area contributed by atoms with Crippen LogP contribution in [0.15, 0.2) is 47.7 Å². The fourth-order valence-electron chi connectivity index (χ4n) is 3.28. The van der Waals surface area contributed by atoms with Crippen LogP contribution in [-0.4, -0.2) is 68.3 Å². The summed E-state index contributed by atoms with van der Waals surface area (Å²) in [5.41, 5.74) is 1.55. The number of thiazole rings is 1. The smallest absolute Gasteiger partial charge is 0.322 e. The van der Waals surface area contributed by atoms with Gasteiger partial charge in [-0.3, -0.25) is 20.0 Å². The molecule has 30 heavy (non-hydrogen) atoms. The molecule has 9 nitrogen and oxygen atoms in total. The van der Waals surface area contributed by atoms with Gasteiger partial charge >= 0.3 is 6.03 Å². The quantitative estimate of drug-likeness (QED) is 0.671. The van der Waals surface area contributed by atoms with E-state index in [1.54, 1.807) is 35.6 Å². The number of pyridine rings is 1. The number of carbonyl (C=O) groups excluding carboxylic acids is 1. The van der Waals surface area contributed by atoms with Crippen LogP contribution in [0.3, 0.4) is 0 Å². The summed E-state index contributed by atoms with van der Waals surface area (Å²) < 4.78 is 1.50. The van der Waals surface area contributed by atoms with Crippen molar-refractivity contribution in [3.05, 3.63) is 58.1 Å². The van der Waals surface area contributed by atoms with Gasteiger partial charge < -0.3 is 4.90 Å². The molecule has 4 rings (SSSR count). The number of urea groups is 1. The summed E-state index contributed by atoms with van der Waals surface area (Å²) in [4.78, 5) is 37.9. The van der Waals surface area contributed by atoms with Gasteiger partial charge in [0.05, 0.1) is 12.2 Å². The molecule has 2 amide bonds. The van der Waals surface area contributed by atoms with E-state index in [9.17, 15) is 9.59 Å². The van der Waals surface area contributed by atoms with Crippen molar-refractivity contribution in [1.82, 2.24) is 29.5 Å². The molecule has 4 heterocycles. The standard InChI is InChI=1S/C20H23N7O2S/c1-15-14-22-19(30-15)23-20(29)26-11-8-25(9-12-26)10-13-27-18(28)3-2-17(24-27)16-4-6-21-7-5-16/h2-7,14H,8-13H2,1H3,(H,22,23,29). The minimum Gasteiger partial charge on any atom is -0.322 e. The van der Waals surface area contributed by atoms with Crippen LogP contribution in [0.4, 0.5) is 9.93 Å². The summed E-state index contributed by atoms with van der Waals surface area (Å²) in [6.45, 7) is 5.94. The molecule has 0 atom stereocenters. The molecule has 1 aliphatic rings. The predicted molar refractivity (Wildman–Crippen MR) is 116 cm³/mol. The van der Waals surface area contributed by atoms with E-state index >= 15 is 0 Å². The third-order valence-corrected chi connectivity index (χ3v) is 5.79. The number of nitrogens with zero attached hydrogens (tertiary/aromatic N) is 6. The number of amides is 2. The first-order valence-corrected chi connectivity index (χ1v) is 10.6. The summed E-state index contributed by atoms with van der Waals surface area (Å²) >= 11 is 1.46. The van der Waals surface area contributed by atoms with Crippen molar-refractivity contribution in [2.45, 2.75) is 13.5 Å². The number of hydrogen-bond acceptors (Lipinski definition) is 7. The highest BCUT2D eigenvalue weighted by Gasteiger charge is 2.21. The number of anilines is 1. The number of hydrogen-bond donors (Lipinski definition) is 1. The Bertz CT molecular complexity index is 1060. The van der Waals surface area contributed by atoms with Gasteiger partial charge in [0, 0.05) is 67.8 Å².